The molecule has 1 atom stereocenters. The summed E-state index contributed by atoms with van der Waals surface area (Å²) < 4.78 is 46.1. The summed E-state index contributed by atoms with van der Waals surface area (Å²) in [6, 6.07) is 11.8. The molecule has 0 aliphatic carbocycles. The number of thiazole rings is 1. The fourth-order valence-electron chi connectivity index (χ4n) is 3.54. The molecule has 0 spiro atoms. The van der Waals surface area contributed by atoms with Gasteiger partial charge in [0, 0.05) is 36.1 Å². The van der Waals surface area contributed by atoms with E-state index in [9.17, 15) is 17.6 Å². The van der Waals surface area contributed by atoms with Crippen LogP contribution in [0.1, 0.15) is 23.2 Å². The van der Waals surface area contributed by atoms with Crippen LogP contribution in [0.25, 0.3) is 0 Å². The van der Waals surface area contributed by atoms with Crippen molar-refractivity contribution in [3.63, 3.8) is 0 Å². The third-order valence-electron chi connectivity index (χ3n) is 5.17. The maximum atomic E-state index is 13.0. The van der Waals surface area contributed by atoms with Gasteiger partial charge >= 0.3 is 0 Å². The topological polar surface area (TPSA) is 88.6 Å². The first-order chi connectivity index (χ1) is 15.4. The number of anilines is 1. The molecule has 0 bridgehead atoms. The van der Waals surface area contributed by atoms with Gasteiger partial charge in [-0.3, -0.25) is 9.52 Å². The molecule has 1 amide bonds. The first-order valence-electron chi connectivity index (χ1n) is 10.1. The van der Waals surface area contributed by atoms with Gasteiger partial charge in [0.15, 0.2) is 5.13 Å². The number of likely N-dealkylation sites (tertiary alicyclic amines) is 1. The summed E-state index contributed by atoms with van der Waals surface area (Å²) in [6.07, 6.45) is 3.30. The Bertz CT molecular complexity index is 1150. The van der Waals surface area contributed by atoms with Crippen LogP contribution in [-0.4, -0.2) is 43.9 Å². The summed E-state index contributed by atoms with van der Waals surface area (Å²) in [5.41, 5.74) is 0.429. The van der Waals surface area contributed by atoms with Crippen LogP contribution in [0.3, 0.4) is 0 Å². The maximum Gasteiger partial charge on any atom is 0.263 e. The van der Waals surface area contributed by atoms with E-state index < -0.39 is 10.0 Å². The second-order valence-electron chi connectivity index (χ2n) is 7.49. The Labute approximate surface area is 189 Å². The second kappa shape index (κ2) is 9.66. The smallest absolute Gasteiger partial charge is 0.263 e. The van der Waals surface area contributed by atoms with Crippen molar-refractivity contribution >= 4 is 32.4 Å². The van der Waals surface area contributed by atoms with Crippen molar-refractivity contribution in [1.29, 1.82) is 0 Å². The number of hydrogen-bond acceptors (Lipinski definition) is 6. The van der Waals surface area contributed by atoms with E-state index in [0.29, 0.717) is 31.0 Å². The Balaban J connectivity index is 1.36. The Kier molecular flexibility index (Phi) is 6.71. The van der Waals surface area contributed by atoms with Gasteiger partial charge in [-0.15, -0.1) is 11.3 Å². The van der Waals surface area contributed by atoms with Gasteiger partial charge < -0.3 is 9.64 Å². The van der Waals surface area contributed by atoms with Crippen LogP contribution in [0.4, 0.5) is 9.52 Å². The SMILES string of the molecule is O=C(c1ccc(S(=O)(=O)Nc2nccs2)cc1)N1CCCC(COc2ccc(F)cc2)C1. The molecular formula is C22H22FN3O4S2. The fourth-order valence-corrected chi connectivity index (χ4v) is 5.33. The van der Waals surface area contributed by atoms with Crippen molar-refractivity contribution in [3.05, 3.63) is 71.5 Å². The van der Waals surface area contributed by atoms with E-state index in [2.05, 4.69) is 9.71 Å². The van der Waals surface area contributed by atoms with E-state index in [1.54, 1.807) is 22.4 Å². The predicted octanol–water partition coefficient (Wildman–Crippen LogP) is 4.01. The molecule has 7 nitrogen and oxygen atoms in total. The third kappa shape index (κ3) is 5.43. The standard InChI is InChI=1S/C22H22FN3O4S2/c23-18-5-7-19(8-6-18)30-15-16-2-1-12-26(14-16)21(27)17-3-9-20(10-4-17)32(28,29)25-22-24-11-13-31-22/h3-11,13,16H,1-2,12,14-15H2,(H,24,25). The molecule has 3 aromatic rings. The van der Waals surface area contributed by atoms with Crippen LogP contribution in [-0.2, 0) is 10.0 Å². The van der Waals surface area contributed by atoms with Gasteiger partial charge in [-0.2, -0.15) is 0 Å². The molecule has 1 fully saturated rings. The lowest BCUT2D eigenvalue weighted by molar-refractivity contribution is 0.0633. The lowest BCUT2D eigenvalue weighted by atomic mass is 9.98. The number of benzene rings is 2. The molecule has 2 aromatic carbocycles. The Morgan fingerprint density at radius 2 is 1.94 bits per heavy atom. The molecule has 1 aliphatic rings. The summed E-state index contributed by atoms with van der Waals surface area (Å²) in [7, 11) is -3.76. The number of ether oxygens (including phenoxy) is 1. The zero-order chi connectivity index (χ0) is 22.6. The Hall–Kier alpha value is -2.98. The molecule has 0 radical (unpaired) electrons. The normalized spacial score (nSPS) is 16.5. The van der Waals surface area contributed by atoms with Crippen LogP contribution < -0.4 is 9.46 Å². The molecule has 1 unspecified atom stereocenters. The highest BCUT2D eigenvalue weighted by Gasteiger charge is 2.25. The highest BCUT2D eigenvalue weighted by atomic mass is 32.2. The summed E-state index contributed by atoms with van der Waals surface area (Å²) in [4.78, 5) is 18.7. The third-order valence-corrected chi connectivity index (χ3v) is 7.34. The van der Waals surface area contributed by atoms with E-state index in [-0.39, 0.29) is 27.7 Å². The van der Waals surface area contributed by atoms with Gasteiger partial charge in [0.2, 0.25) is 0 Å². The van der Waals surface area contributed by atoms with E-state index in [1.807, 2.05) is 0 Å². The summed E-state index contributed by atoms with van der Waals surface area (Å²) >= 11 is 1.19. The fraction of sp³-hybridized carbons (Fsp3) is 0.273. The number of carbonyl (C=O) groups is 1. The van der Waals surface area contributed by atoms with E-state index >= 15 is 0 Å². The first kappa shape index (κ1) is 22.2. The molecule has 1 N–H and O–H groups in total. The molecule has 32 heavy (non-hydrogen) atoms. The minimum absolute atomic E-state index is 0.0634. The quantitative estimate of drug-likeness (QED) is 0.558. The zero-order valence-corrected chi connectivity index (χ0v) is 18.7. The van der Waals surface area contributed by atoms with Crippen LogP contribution in [0.2, 0.25) is 0 Å². The monoisotopic (exact) mass is 475 g/mol. The largest absolute Gasteiger partial charge is 0.493 e. The van der Waals surface area contributed by atoms with Crippen LogP contribution in [0.15, 0.2) is 65.0 Å². The molecular weight excluding hydrogens is 453 g/mol. The number of nitrogens with one attached hydrogen (secondary N) is 1. The van der Waals surface area contributed by atoms with E-state index in [0.717, 1.165) is 12.8 Å². The van der Waals surface area contributed by atoms with Crippen molar-refractivity contribution in [2.45, 2.75) is 17.7 Å². The van der Waals surface area contributed by atoms with Gasteiger partial charge in [0.1, 0.15) is 11.6 Å². The second-order valence-corrected chi connectivity index (χ2v) is 10.1. The Morgan fingerprint density at radius 3 is 2.62 bits per heavy atom. The zero-order valence-electron chi connectivity index (χ0n) is 17.1. The number of carbonyl (C=O) groups excluding carboxylic acids is 1. The molecule has 168 valence electrons. The van der Waals surface area contributed by atoms with Crippen LogP contribution >= 0.6 is 11.3 Å². The summed E-state index contributed by atoms with van der Waals surface area (Å²) in [5.74, 6) is 0.302. The van der Waals surface area contributed by atoms with Crippen molar-refractivity contribution < 1.29 is 22.3 Å². The molecule has 2 heterocycles. The van der Waals surface area contributed by atoms with Gasteiger partial charge in [0.25, 0.3) is 15.9 Å². The van der Waals surface area contributed by atoms with Gasteiger partial charge in [-0.1, -0.05) is 0 Å². The van der Waals surface area contributed by atoms with Crippen molar-refractivity contribution in [1.82, 2.24) is 9.88 Å². The number of aromatic nitrogens is 1. The van der Waals surface area contributed by atoms with Crippen molar-refractivity contribution in [2.24, 2.45) is 5.92 Å². The van der Waals surface area contributed by atoms with Crippen LogP contribution in [0.5, 0.6) is 5.75 Å². The first-order valence-corrected chi connectivity index (χ1v) is 12.5. The molecule has 1 aliphatic heterocycles. The summed E-state index contributed by atoms with van der Waals surface area (Å²) in [5, 5.41) is 1.96. The lowest BCUT2D eigenvalue weighted by Crippen LogP contribution is -2.41. The summed E-state index contributed by atoms with van der Waals surface area (Å²) in [6.45, 7) is 1.62. The van der Waals surface area contributed by atoms with Crippen LogP contribution in [0, 0.1) is 11.7 Å². The number of sulfonamides is 1. The van der Waals surface area contributed by atoms with Gasteiger partial charge in [-0.25, -0.2) is 17.8 Å². The predicted molar refractivity (Wildman–Crippen MR) is 120 cm³/mol. The molecule has 1 aromatic heterocycles. The maximum absolute atomic E-state index is 13.0. The number of rotatable bonds is 7. The van der Waals surface area contributed by atoms with Gasteiger partial charge in [-0.05, 0) is 61.4 Å². The van der Waals surface area contributed by atoms with E-state index in [1.165, 1.54) is 53.9 Å². The number of hydrogen-bond donors (Lipinski definition) is 1. The number of nitrogens with zero attached hydrogens (tertiary/aromatic N) is 2. The molecule has 0 saturated carbocycles. The van der Waals surface area contributed by atoms with Gasteiger partial charge in [0.05, 0.1) is 11.5 Å². The van der Waals surface area contributed by atoms with Crippen molar-refractivity contribution in [3.8, 4) is 5.75 Å². The Morgan fingerprint density at radius 1 is 1.19 bits per heavy atom. The van der Waals surface area contributed by atoms with E-state index in [4.69, 9.17) is 4.74 Å². The number of halogens is 1. The highest BCUT2D eigenvalue weighted by molar-refractivity contribution is 7.93. The lowest BCUT2D eigenvalue weighted by Gasteiger charge is -2.32. The highest BCUT2D eigenvalue weighted by Crippen LogP contribution is 2.22. The number of amides is 1. The minimum Gasteiger partial charge on any atom is -0.493 e. The number of piperidine rings is 1. The molecule has 1 saturated heterocycles. The average Bonchev–Trinajstić information content (AvgIpc) is 3.31. The average molecular weight is 476 g/mol. The van der Waals surface area contributed by atoms with Crippen molar-refractivity contribution in [2.75, 3.05) is 24.4 Å². The minimum atomic E-state index is -3.76. The molecule has 10 heteroatoms. The molecule has 4 rings (SSSR count).